The van der Waals surface area contributed by atoms with Gasteiger partial charge >= 0.3 is 0 Å². The third-order valence-electron chi connectivity index (χ3n) is 2.60. The van der Waals surface area contributed by atoms with Crippen LogP contribution in [0.1, 0.15) is 6.92 Å². The van der Waals surface area contributed by atoms with E-state index in [-0.39, 0.29) is 5.92 Å². The summed E-state index contributed by atoms with van der Waals surface area (Å²) in [6.45, 7) is 1.69. The summed E-state index contributed by atoms with van der Waals surface area (Å²) in [5.74, 6) is 1.53. The Morgan fingerprint density at radius 1 is 1.00 bits per heavy atom. The smallest absolute Gasteiger partial charge is 0.134 e. The fraction of sp³-hybridized carbons (Fsp3) is 0.364. The number of carbonyl (C=O) groups is 1. The van der Waals surface area contributed by atoms with E-state index in [1.165, 1.54) is 0 Å². The van der Waals surface area contributed by atoms with Gasteiger partial charge in [-0.1, -0.05) is 36.5 Å². The lowest BCUT2D eigenvalue weighted by Crippen LogP contribution is -1.94. The summed E-state index contributed by atoms with van der Waals surface area (Å²) in [6.07, 6.45) is 12.3. The maximum absolute atomic E-state index is 11.1. The molecular weight excluding hydrogens is 148 g/mol. The first-order valence-corrected chi connectivity index (χ1v) is 4.33. The van der Waals surface area contributed by atoms with Crippen molar-refractivity contribution < 1.29 is 4.79 Å². The summed E-state index contributed by atoms with van der Waals surface area (Å²) in [6, 6.07) is 0. The monoisotopic (exact) mass is 160 g/mol. The normalized spacial score (nSPS) is 36.9. The molecule has 0 N–H and O–H groups in total. The van der Waals surface area contributed by atoms with E-state index in [1.54, 1.807) is 6.92 Å². The zero-order valence-corrected chi connectivity index (χ0v) is 7.10. The van der Waals surface area contributed by atoms with Crippen LogP contribution in [0.5, 0.6) is 0 Å². The maximum Gasteiger partial charge on any atom is 0.134 e. The Bertz CT molecular complexity index is 261. The van der Waals surface area contributed by atoms with E-state index in [0.29, 0.717) is 17.6 Å². The number of rotatable bonds is 1. The number of allylic oxidation sites excluding steroid dienone is 6. The Labute approximate surface area is 72.5 Å². The van der Waals surface area contributed by atoms with Gasteiger partial charge in [0.1, 0.15) is 5.78 Å². The van der Waals surface area contributed by atoms with Crippen LogP contribution in [0.15, 0.2) is 36.5 Å². The summed E-state index contributed by atoms with van der Waals surface area (Å²) in [7, 11) is 0. The molecule has 0 aromatic rings. The SMILES string of the molecule is CC(=O)C1[C@H]2C=CC=CC=C[C@@H]12. The second-order valence-corrected chi connectivity index (χ2v) is 3.45. The van der Waals surface area contributed by atoms with E-state index in [2.05, 4.69) is 12.2 Å². The van der Waals surface area contributed by atoms with Crippen molar-refractivity contribution in [1.29, 1.82) is 0 Å². The molecule has 1 heteroatoms. The molecule has 0 heterocycles. The quantitative estimate of drug-likeness (QED) is 0.574. The van der Waals surface area contributed by atoms with Gasteiger partial charge in [0.05, 0.1) is 0 Å². The van der Waals surface area contributed by atoms with Crippen molar-refractivity contribution in [1.82, 2.24) is 0 Å². The zero-order valence-electron chi connectivity index (χ0n) is 7.10. The molecule has 1 fully saturated rings. The zero-order chi connectivity index (χ0) is 8.55. The second kappa shape index (κ2) is 2.74. The first-order chi connectivity index (χ1) is 5.80. The first-order valence-electron chi connectivity index (χ1n) is 4.33. The highest BCUT2D eigenvalue weighted by atomic mass is 16.1. The lowest BCUT2D eigenvalue weighted by molar-refractivity contribution is -0.118. The number of hydrogen-bond donors (Lipinski definition) is 0. The van der Waals surface area contributed by atoms with Crippen molar-refractivity contribution in [2.45, 2.75) is 6.92 Å². The minimum absolute atomic E-state index is 0.261. The van der Waals surface area contributed by atoms with Gasteiger partial charge in [-0.15, -0.1) is 0 Å². The van der Waals surface area contributed by atoms with Gasteiger partial charge in [-0.25, -0.2) is 0 Å². The standard InChI is InChI=1S/C11H12O/c1-8(12)11-9-6-4-2-3-5-7-10(9)11/h2-7,9-11H,1H3/t9-,10+,11?. The highest BCUT2D eigenvalue weighted by Crippen LogP contribution is 2.49. The number of hydrogen-bond acceptors (Lipinski definition) is 1. The van der Waals surface area contributed by atoms with Crippen molar-refractivity contribution in [2.24, 2.45) is 17.8 Å². The molecule has 2 aliphatic rings. The molecule has 1 saturated carbocycles. The molecule has 0 radical (unpaired) electrons. The highest BCUT2D eigenvalue weighted by molar-refractivity contribution is 5.83. The van der Waals surface area contributed by atoms with Crippen LogP contribution in [0.4, 0.5) is 0 Å². The summed E-state index contributed by atoms with van der Waals surface area (Å²) in [4.78, 5) is 11.1. The van der Waals surface area contributed by atoms with Gasteiger partial charge in [-0.05, 0) is 18.8 Å². The molecule has 0 saturated heterocycles. The molecule has 0 bridgehead atoms. The number of carbonyl (C=O) groups excluding carboxylic acids is 1. The summed E-state index contributed by atoms with van der Waals surface area (Å²) in [5.41, 5.74) is 0. The third kappa shape index (κ3) is 1.15. The predicted molar refractivity (Wildman–Crippen MR) is 48.6 cm³/mol. The number of Topliss-reactive ketones (excluding diaryl/α,β-unsaturated/α-hetero) is 1. The molecule has 0 aromatic carbocycles. The molecule has 0 amide bonds. The van der Waals surface area contributed by atoms with Crippen LogP contribution < -0.4 is 0 Å². The van der Waals surface area contributed by atoms with Gasteiger partial charge in [0, 0.05) is 5.92 Å². The Kier molecular flexibility index (Phi) is 1.72. The van der Waals surface area contributed by atoms with E-state index in [4.69, 9.17) is 0 Å². The van der Waals surface area contributed by atoms with E-state index in [1.807, 2.05) is 24.3 Å². The summed E-state index contributed by atoms with van der Waals surface area (Å²) < 4.78 is 0. The molecule has 2 aliphatic carbocycles. The van der Waals surface area contributed by atoms with Crippen molar-refractivity contribution in [3.63, 3.8) is 0 Å². The van der Waals surface area contributed by atoms with Crippen molar-refractivity contribution in [2.75, 3.05) is 0 Å². The van der Waals surface area contributed by atoms with Gasteiger partial charge in [-0.3, -0.25) is 4.79 Å². The van der Waals surface area contributed by atoms with Crippen LogP contribution in [0.25, 0.3) is 0 Å². The van der Waals surface area contributed by atoms with E-state index < -0.39 is 0 Å². The summed E-state index contributed by atoms with van der Waals surface area (Å²) in [5, 5.41) is 0. The van der Waals surface area contributed by atoms with Crippen molar-refractivity contribution in [3.8, 4) is 0 Å². The summed E-state index contributed by atoms with van der Waals surface area (Å²) >= 11 is 0. The molecule has 0 aliphatic heterocycles. The molecule has 1 unspecified atom stereocenters. The van der Waals surface area contributed by atoms with Gasteiger partial charge in [-0.2, -0.15) is 0 Å². The average molecular weight is 160 g/mol. The van der Waals surface area contributed by atoms with Crippen LogP contribution in [-0.4, -0.2) is 5.78 Å². The van der Waals surface area contributed by atoms with Gasteiger partial charge < -0.3 is 0 Å². The topological polar surface area (TPSA) is 17.1 Å². The number of ketones is 1. The predicted octanol–water partition coefficient (Wildman–Crippen LogP) is 2.12. The van der Waals surface area contributed by atoms with Crippen LogP contribution in [0.3, 0.4) is 0 Å². The molecule has 12 heavy (non-hydrogen) atoms. The Morgan fingerprint density at radius 3 is 1.92 bits per heavy atom. The van der Waals surface area contributed by atoms with Crippen LogP contribution in [0, 0.1) is 17.8 Å². The third-order valence-corrected chi connectivity index (χ3v) is 2.60. The first kappa shape index (κ1) is 7.53. The van der Waals surface area contributed by atoms with Crippen LogP contribution in [0.2, 0.25) is 0 Å². The van der Waals surface area contributed by atoms with Crippen LogP contribution in [-0.2, 0) is 4.79 Å². The van der Waals surface area contributed by atoms with E-state index in [0.717, 1.165) is 0 Å². The van der Waals surface area contributed by atoms with Gasteiger partial charge in [0.2, 0.25) is 0 Å². The van der Waals surface area contributed by atoms with E-state index in [9.17, 15) is 4.79 Å². The maximum atomic E-state index is 11.1. The fourth-order valence-corrected chi connectivity index (χ4v) is 1.91. The largest absolute Gasteiger partial charge is 0.300 e. The minimum atomic E-state index is 0.261. The molecule has 62 valence electrons. The fourth-order valence-electron chi connectivity index (χ4n) is 1.91. The lowest BCUT2D eigenvalue weighted by atomic mass is 10.2. The molecule has 0 aromatic heterocycles. The van der Waals surface area contributed by atoms with Crippen molar-refractivity contribution >= 4 is 5.78 Å². The Morgan fingerprint density at radius 2 is 1.50 bits per heavy atom. The Balaban J connectivity index is 2.17. The van der Waals surface area contributed by atoms with Gasteiger partial charge in [0.15, 0.2) is 0 Å². The van der Waals surface area contributed by atoms with E-state index >= 15 is 0 Å². The highest BCUT2D eigenvalue weighted by Gasteiger charge is 2.49. The Hall–Kier alpha value is -1.11. The molecule has 1 nitrogen and oxygen atoms in total. The molecular formula is C11H12O. The van der Waals surface area contributed by atoms with Crippen molar-refractivity contribution in [3.05, 3.63) is 36.5 Å². The van der Waals surface area contributed by atoms with Crippen LogP contribution >= 0.6 is 0 Å². The number of fused-ring (bicyclic) bond motifs is 1. The lowest BCUT2D eigenvalue weighted by Gasteiger charge is -1.85. The molecule has 0 spiro atoms. The average Bonchev–Trinajstić information content (AvgIpc) is 2.60. The second-order valence-electron chi connectivity index (χ2n) is 3.45. The minimum Gasteiger partial charge on any atom is -0.300 e. The molecule has 2 rings (SSSR count). The molecule has 3 atom stereocenters. The van der Waals surface area contributed by atoms with Gasteiger partial charge in [0.25, 0.3) is 0 Å².